The number of hydrogen-bond acceptors (Lipinski definition) is 6. The molecule has 3 aromatic rings. The number of anilines is 1. The Labute approximate surface area is 181 Å². The molecule has 0 saturated heterocycles. The first kappa shape index (κ1) is 21.6. The van der Waals surface area contributed by atoms with E-state index in [1.165, 1.54) is 32.7 Å². The minimum Gasteiger partial charge on any atom is -0.493 e. The van der Waals surface area contributed by atoms with E-state index in [4.69, 9.17) is 19.2 Å². The van der Waals surface area contributed by atoms with Crippen LogP contribution < -0.4 is 19.1 Å². The van der Waals surface area contributed by atoms with Crippen LogP contribution in [0, 0.1) is 5.92 Å². The summed E-state index contributed by atoms with van der Waals surface area (Å²) in [6.07, 6.45) is 0. The normalized spacial score (nSPS) is 10.7. The number of nitrogens with zero attached hydrogens (tertiary/aromatic N) is 2. The lowest BCUT2D eigenvalue weighted by molar-refractivity contribution is 0.0983. The highest BCUT2D eigenvalue weighted by atomic mass is 32.1. The van der Waals surface area contributed by atoms with Gasteiger partial charge in [-0.15, -0.1) is 11.3 Å². The van der Waals surface area contributed by atoms with Gasteiger partial charge in [0.2, 0.25) is 5.75 Å². The van der Waals surface area contributed by atoms with Crippen LogP contribution in [0.5, 0.6) is 17.2 Å². The average Bonchev–Trinajstić information content (AvgIpc) is 3.26. The summed E-state index contributed by atoms with van der Waals surface area (Å²) in [5, 5.41) is 2.63. The molecule has 1 amide bonds. The van der Waals surface area contributed by atoms with Crippen LogP contribution >= 0.6 is 11.3 Å². The first-order chi connectivity index (χ1) is 14.5. The third-order valence-corrected chi connectivity index (χ3v) is 5.36. The summed E-state index contributed by atoms with van der Waals surface area (Å²) in [6, 6.07) is 13.3. The lowest BCUT2D eigenvalue weighted by Gasteiger charge is -2.23. The molecule has 2 aromatic carbocycles. The van der Waals surface area contributed by atoms with E-state index in [1.54, 1.807) is 17.0 Å². The number of methoxy groups -OCH3 is 3. The van der Waals surface area contributed by atoms with E-state index in [9.17, 15) is 4.79 Å². The lowest BCUT2D eigenvalue weighted by Crippen LogP contribution is -2.34. The minimum absolute atomic E-state index is 0.170. The zero-order valence-corrected chi connectivity index (χ0v) is 18.7. The van der Waals surface area contributed by atoms with Crippen LogP contribution in [0.25, 0.3) is 11.3 Å². The van der Waals surface area contributed by atoms with E-state index in [2.05, 4.69) is 13.8 Å². The van der Waals surface area contributed by atoms with Gasteiger partial charge in [-0.1, -0.05) is 44.2 Å². The topological polar surface area (TPSA) is 60.9 Å². The highest BCUT2D eigenvalue weighted by Crippen LogP contribution is 2.39. The first-order valence-electron chi connectivity index (χ1n) is 9.61. The average molecular weight is 427 g/mol. The van der Waals surface area contributed by atoms with Gasteiger partial charge >= 0.3 is 0 Å². The second-order valence-corrected chi connectivity index (χ2v) is 7.94. The van der Waals surface area contributed by atoms with Gasteiger partial charge < -0.3 is 14.2 Å². The fourth-order valence-electron chi connectivity index (χ4n) is 3.10. The van der Waals surface area contributed by atoms with Crippen molar-refractivity contribution in [1.82, 2.24) is 4.98 Å². The summed E-state index contributed by atoms with van der Waals surface area (Å²) in [7, 11) is 4.60. The fourth-order valence-corrected chi connectivity index (χ4v) is 3.94. The van der Waals surface area contributed by atoms with E-state index in [1.807, 2.05) is 35.7 Å². The largest absolute Gasteiger partial charge is 0.493 e. The molecule has 0 saturated carbocycles. The number of carbonyl (C=O) groups excluding carboxylic acids is 1. The SMILES string of the molecule is COc1cc(C(=O)N(CC(C)C)c2nc(-c3ccccc3)cs2)cc(OC)c1OC. The Balaban J connectivity index is 2.01. The third kappa shape index (κ3) is 4.57. The summed E-state index contributed by atoms with van der Waals surface area (Å²) >= 11 is 1.45. The van der Waals surface area contributed by atoms with Crippen molar-refractivity contribution in [3.05, 3.63) is 53.4 Å². The number of thiazole rings is 1. The highest BCUT2D eigenvalue weighted by Gasteiger charge is 2.25. The number of hydrogen-bond donors (Lipinski definition) is 0. The zero-order valence-electron chi connectivity index (χ0n) is 17.8. The van der Waals surface area contributed by atoms with Crippen LogP contribution in [-0.2, 0) is 0 Å². The molecule has 0 aliphatic heterocycles. The molecule has 0 spiro atoms. The molecular weight excluding hydrogens is 400 g/mol. The molecule has 0 atom stereocenters. The number of aromatic nitrogens is 1. The van der Waals surface area contributed by atoms with E-state index < -0.39 is 0 Å². The summed E-state index contributed by atoms with van der Waals surface area (Å²) in [5.74, 6) is 1.42. The fraction of sp³-hybridized carbons (Fsp3) is 0.304. The molecule has 0 radical (unpaired) electrons. The molecule has 1 heterocycles. The van der Waals surface area contributed by atoms with Crippen molar-refractivity contribution in [2.45, 2.75) is 13.8 Å². The van der Waals surface area contributed by atoms with Crippen LogP contribution in [-0.4, -0.2) is 38.8 Å². The second kappa shape index (κ2) is 9.63. The molecule has 0 aliphatic carbocycles. The van der Waals surface area contributed by atoms with Crippen molar-refractivity contribution in [2.24, 2.45) is 5.92 Å². The molecule has 0 bridgehead atoms. The van der Waals surface area contributed by atoms with E-state index in [0.29, 0.717) is 34.5 Å². The van der Waals surface area contributed by atoms with Crippen molar-refractivity contribution in [3.63, 3.8) is 0 Å². The smallest absolute Gasteiger partial charge is 0.260 e. The van der Waals surface area contributed by atoms with Gasteiger partial charge in [-0.2, -0.15) is 0 Å². The number of ether oxygens (including phenoxy) is 3. The van der Waals surface area contributed by atoms with Gasteiger partial charge in [0.1, 0.15) is 0 Å². The molecule has 158 valence electrons. The Hall–Kier alpha value is -3.06. The van der Waals surface area contributed by atoms with Crippen LogP contribution in [0.2, 0.25) is 0 Å². The molecular formula is C23H26N2O4S. The van der Waals surface area contributed by atoms with Gasteiger partial charge in [-0.05, 0) is 18.1 Å². The Kier molecular flexibility index (Phi) is 6.95. The Morgan fingerprint density at radius 2 is 1.67 bits per heavy atom. The maximum atomic E-state index is 13.5. The molecule has 0 aliphatic rings. The molecule has 3 rings (SSSR count). The van der Waals surface area contributed by atoms with Crippen LogP contribution in [0.4, 0.5) is 5.13 Å². The summed E-state index contributed by atoms with van der Waals surface area (Å²) in [4.78, 5) is 19.9. The van der Waals surface area contributed by atoms with E-state index in [-0.39, 0.29) is 11.8 Å². The Morgan fingerprint density at radius 3 is 2.20 bits per heavy atom. The van der Waals surface area contributed by atoms with Gasteiger partial charge in [0, 0.05) is 23.1 Å². The van der Waals surface area contributed by atoms with Crippen molar-refractivity contribution in [1.29, 1.82) is 0 Å². The van der Waals surface area contributed by atoms with Gasteiger partial charge in [-0.25, -0.2) is 4.98 Å². The van der Waals surface area contributed by atoms with Crippen molar-refractivity contribution in [3.8, 4) is 28.5 Å². The van der Waals surface area contributed by atoms with Crippen LogP contribution in [0.1, 0.15) is 24.2 Å². The van der Waals surface area contributed by atoms with Crippen LogP contribution in [0.3, 0.4) is 0 Å². The van der Waals surface area contributed by atoms with Crippen molar-refractivity contribution >= 4 is 22.4 Å². The Morgan fingerprint density at radius 1 is 1.03 bits per heavy atom. The summed E-state index contributed by atoms with van der Waals surface area (Å²) in [6.45, 7) is 4.68. The first-order valence-corrected chi connectivity index (χ1v) is 10.5. The molecule has 0 unspecified atom stereocenters. The van der Waals surface area contributed by atoms with E-state index in [0.717, 1.165) is 11.3 Å². The number of rotatable bonds is 8. The Bertz CT molecular complexity index is 976. The van der Waals surface area contributed by atoms with Crippen molar-refractivity contribution in [2.75, 3.05) is 32.8 Å². The minimum atomic E-state index is -0.170. The number of carbonyl (C=O) groups is 1. The summed E-state index contributed by atoms with van der Waals surface area (Å²) in [5.41, 5.74) is 2.31. The lowest BCUT2D eigenvalue weighted by atomic mass is 10.1. The number of amides is 1. The third-order valence-electron chi connectivity index (χ3n) is 4.50. The number of benzene rings is 2. The zero-order chi connectivity index (χ0) is 21.7. The van der Waals surface area contributed by atoms with Gasteiger partial charge in [0.15, 0.2) is 16.6 Å². The molecule has 7 heteroatoms. The van der Waals surface area contributed by atoms with E-state index >= 15 is 0 Å². The second-order valence-electron chi connectivity index (χ2n) is 7.10. The van der Waals surface area contributed by atoms with Gasteiger partial charge in [0.25, 0.3) is 5.91 Å². The predicted octanol–water partition coefficient (Wildman–Crippen LogP) is 5.14. The quantitative estimate of drug-likeness (QED) is 0.499. The van der Waals surface area contributed by atoms with Gasteiger partial charge in [-0.3, -0.25) is 9.69 Å². The molecule has 6 nitrogen and oxygen atoms in total. The maximum absolute atomic E-state index is 13.5. The van der Waals surface area contributed by atoms with Crippen molar-refractivity contribution < 1.29 is 19.0 Å². The standard InChI is InChI=1S/C23H26N2O4S/c1-15(2)13-25(23-24-18(14-30-23)16-9-7-6-8-10-16)22(26)17-11-19(27-3)21(29-5)20(12-17)28-4/h6-12,14-15H,13H2,1-5H3. The van der Waals surface area contributed by atoms with Gasteiger partial charge in [0.05, 0.1) is 27.0 Å². The monoisotopic (exact) mass is 426 g/mol. The highest BCUT2D eigenvalue weighted by molar-refractivity contribution is 7.14. The predicted molar refractivity (Wildman–Crippen MR) is 120 cm³/mol. The molecule has 1 aromatic heterocycles. The van der Waals surface area contributed by atoms with Crippen LogP contribution in [0.15, 0.2) is 47.8 Å². The molecule has 30 heavy (non-hydrogen) atoms. The maximum Gasteiger partial charge on any atom is 0.260 e. The molecule has 0 fully saturated rings. The molecule has 0 N–H and O–H groups in total. The summed E-state index contributed by atoms with van der Waals surface area (Å²) < 4.78 is 16.2.